The van der Waals surface area contributed by atoms with E-state index >= 15 is 0 Å². The molecule has 0 saturated heterocycles. The second kappa shape index (κ2) is 7.45. The summed E-state index contributed by atoms with van der Waals surface area (Å²) in [7, 11) is 0. The van der Waals surface area contributed by atoms with Crippen molar-refractivity contribution in [2.75, 3.05) is 6.54 Å². The van der Waals surface area contributed by atoms with E-state index in [2.05, 4.69) is 24.1 Å². The number of hydrogen-bond donors (Lipinski definition) is 1. The summed E-state index contributed by atoms with van der Waals surface area (Å²) in [5.41, 5.74) is 0. The second-order valence-corrected chi connectivity index (χ2v) is 4.79. The van der Waals surface area contributed by atoms with Crippen molar-refractivity contribution in [2.45, 2.75) is 59.3 Å². The van der Waals surface area contributed by atoms with Gasteiger partial charge in [0.2, 0.25) is 0 Å². The van der Waals surface area contributed by atoms with E-state index in [1.807, 2.05) is 13.8 Å². The molecule has 1 aromatic rings. The number of rotatable bonds is 8. The van der Waals surface area contributed by atoms with Crippen molar-refractivity contribution >= 4 is 0 Å². The zero-order chi connectivity index (χ0) is 12.7. The molecule has 0 amide bonds. The van der Waals surface area contributed by atoms with Crippen LogP contribution in [-0.4, -0.2) is 23.7 Å². The van der Waals surface area contributed by atoms with Gasteiger partial charge in [-0.1, -0.05) is 13.8 Å². The van der Waals surface area contributed by atoms with Gasteiger partial charge in [-0.25, -0.2) is 4.98 Å². The first-order chi connectivity index (χ1) is 8.08. The minimum atomic E-state index is 0.221. The number of oxazole rings is 1. The van der Waals surface area contributed by atoms with Gasteiger partial charge >= 0.3 is 0 Å². The van der Waals surface area contributed by atoms with Gasteiger partial charge in [0.25, 0.3) is 0 Å². The van der Waals surface area contributed by atoms with Gasteiger partial charge < -0.3 is 14.5 Å². The van der Waals surface area contributed by atoms with Crippen molar-refractivity contribution in [3.05, 3.63) is 17.8 Å². The molecule has 1 heterocycles. The first-order valence-corrected chi connectivity index (χ1v) is 6.36. The van der Waals surface area contributed by atoms with Crippen LogP contribution in [0.25, 0.3) is 0 Å². The molecule has 0 aliphatic heterocycles. The third-order valence-electron chi connectivity index (χ3n) is 2.28. The molecule has 98 valence electrons. The van der Waals surface area contributed by atoms with Crippen LogP contribution in [0.4, 0.5) is 0 Å². The minimum absolute atomic E-state index is 0.221. The van der Waals surface area contributed by atoms with Gasteiger partial charge in [-0.05, 0) is 26.8 Å². The molecule has 0 saturated carbocycles. The highest BCUT2D eigenvalue weighted by Gasteiger charge is 2.05. The average molecular weight is 240 g/mol. The Hall–Kier alpha value is -0.870. The molecule has 1 rings (SSSR count). The van der Waals surface area contributed by atoms with E-state index in [9.17, 15) is 0 Å². The maximum atomic E-state index is 5.58. The number of hydrogen-bond acceptors (Lipinski definition) is 4. The molecule has 1 N–H and O–H groups in total. The standard InChI is InChI=1S/C13H24N2O2/c1-10(2)14-7-5-6-13-15-8-12(17-13)9-16-11(3)4/h8,10-11,14H,5-7,9H2,1-4H3. The van der Waals surface area contributed by atoms with Gasteiger partial charge in [0, 0.05) is 12.5 Å². The maximum Gasteiger partial charge on any atom is 0.194 e. The van der Waals surface area contributed by atoms with E-state index < -0.39 is 0 Å². The van der Waals surface area contributed by atoms with E-state index in [4.69, 9.17) is 9.15 Å². The predicted octanol–water partition coefficient (Wildman–Crippen LogP) is 2.53. The first-order valence-electron chi connectivity index (χ1n) is 6.36. The molecule has 1 aromatic heterocycles. The highest BCUT2D eigenvalue weighted by atomic mass is 16.5. The maximum absolute atomic E-state index is 5.58. The molecule has 0 bridgehead atoms. The molecule has 17 heavy (non-hydrogen) atoms. The quantitative estimate of drug-likeness (QED) is 0.709. The molecule has 0 radical (unpaired) electrons. The molecule has 0 fully saturated rings. The van der Waals surface area contributed by atoms with Crippen molar-refractivity contribution in [1.29, 1.82) is 0 Å². The summed E-state index contributed by atoms with van der Waals surface area (Å²) in [6.45, 7) is 9.81. The van der Waals surface area contributed by atoms with Crippen molar-refractivity contribution in [2.24, 2.45) is 0 Å². The zero-order valence-electron chi connectivity index (χ0n) is 11.3. The lowest BCUT2D eigenvalue weighted by Gasteiger charge is -2.06. The van der Waals surface area contributed by atoms with Crippen LogP contribution in [0.5, 0.6) is 0 Å². The highest BCUT2D eigenvalue weighted by Crippen LogP contribution is 2.08. The normalized spacial score (nSPS) is 11.6. The largest absolute Gasteiger partial charge is 0.443 e. The number of nitrogens with one attached hydrogen (secondary N) is 1. The Bertz CT molecular complexity index is 308. The fourth-order valence-electron chi connectivity index (χ4n) is 1.41. The minimum Gasteiger partial charge on any atom is -0.443 e. The molecule has 0 aliphatic carbocycles. The van der Waals surface area contributed by atoms with Crippen molar-refractivity contribution < 1.29 is 9.15 Å². The van der Waals surface area contributed by atoms with E-state index in [1.165, 1.54) is 0 Å². The summed E-state index contributed by atoms with van der Waals surface area (Å²) in [5, 5.41) is 3.37. The van der Waals surface area contributed by atoms with E-state index in [1.54, 1.807) is 6.20 Å². The summed E-state index contributed by atoms with van der Waals surface area (Å²) < 4.78 is 11.0. The zero-order valence-corrected chi connectivity index (χ0v) is 11.3. The number of aromatic nitrogens is 1. The first kappa shape index (κ1) is 14.2. The molecule has 0 spiro atoms. The van der Waals surface area contributed by atoms with Crippen molar-refractivity contribution in [1.82, 2.24) is 10.3 Å². The monoisotopic (exact) mass is 240 g/mol. The molecule has 0 aliphatic rings. The lowest BCUT2D eigenvalue weighted by molar-refractivity contribution is 0.0539. The van der Waals surface area contributed by atoms with Gasteiger partial charge in [0.1, 0.15) is 12.4 Å². The third kappa shape index (κ3) is 6.44. The van der Waals surface area contributed by atoms with Gasteiger partial charge in [-0.3, -0.25) is 0 Å². The van der Waals surface area contributed by atoms with Crippen LogP contribution in [0.2, 0.25) is 0 Å². The molecule has 0 atom stereocenters. The van der Waals surface area contributed by atoms with Gasteiger partial charge in [-0.15, -0.1) is 0 Å². The molecular formula is C13H24N2O2. The Morgan fingerprint density at radius 1 is 1.35 bits per heavy atom. The summed E-state index contributed by atoms with van der Waals surface area (Å²) in [4.78, 5) is 4.24. The van der Waals surface area contributed by atoms with Crippen LogP contribution in [0.1, 0.15) is 45.8 Å². The average Bonchev–Trinajstić information content (AvgIpc) is 2.69. The highest BCUT2D eigenvalue weighted by molar-refractivity contribution is 4.92. The molecular weight excluding hydrogens is 216 g/mol. The van der Waals surface area contributed by atoms with E-state index in [0.717, 1.165) is 31.0 Å². The Morgan fingerprint density at radius 3 is 2.76 bits per heavy atom. The van der Waals surface area contributed by atoms with Crippen molar-refractivity contribution in [3.8, 4) is 0 Å². The topological polar surface area (TPSA) is 47.3 Å². The molecule has 4 heteroatoms. The van der Waals surface area contributed by atoms with Crippen LogP contribution in [0.15, 0.2) is 10.6 Å². The molecule has 4 nitrogen and oxygen atoms in total. The van der Waals surface area contributed by atoms with Crippen LogP contribution < -0.4 is 5.32 Å². The Balaban J connectivity index is 2.21. The fraction of sp³-hybridized carbons (Fsp3) is 0.769. The van der Waals surface area contributed by atoms with E-state index in [0.29, 0.717) is 12.6 Å². The summed E-state index contributed by atoms with van der Waals surface area (Å²) in [6.07, 6.45) is 3.90. The molecule has 0 unspecified atom stereocenters. The van der Waals surface area contributed by atoms with Crippen LogP contribution in [0, 0.1) is 0 Å². The van der Waals surface area contributed by atoms with Gasteiger partial charge in [-0.2, -0.15) is 0 Å². The summed E-state index contributed by atoms with van der Waals surface area (Å²) in [5.74, 6) is 1.61. The van der Waals surface area contributed by atoms with Crippen LogP contribution >= 0.6 is 0 Å². The van der Waals surface area contributed by atoms with Gasteiger partial charge in [0.05, 0.1) is 12.3 Å². The Morgan fingerprint density at radius 2 is 2.12 bits per heavy atom. The smallest absolute Gasteiger partial charge is 0.194 e. The van der Waals surface area contributed by atoms with Crippen LogP contribution in [-0.2, 0) is 17.8 Å². The fourth-order valence-corrected chi connectivity index (χ4v) is 1.41. The Labute approximate surface area is 104 Å². The number of nitrogens with zero attached hydrogens (tertiary/aromatic N) is 1. The summed E-state index contributed by atoms with van der Waals surface area (Å²) >= 11 is 0. The van der Waals surface area contributed by atoms with Crippen molar-refractivity contribution in [3.63, 3.8) is 0 Å². The lowest BCUT2D eigenvalue weighted by Crippen LogP contribution is -2.23. The van der Waals surface area contributed by atoms with E-state index in [-0.39, 0.29) is 6.10 Å². The molecule has 0 aromatic carbocycles. The second-order valence-electron chi connectivity index (χ2n) is 4.79. The Kier molecular flexibility index (Phi) is 6.22. The van der Waals surface area contributed by atoms with Gasteiger partial charge in [0.15, 0.2) is 5.89 Å². The summed E-state index contributed by atoms with van der Waals surface area (Å²) in [6, 6.07) is 0.537. The predicted molar refractivity (Wildman–Crippen MR) is 67.9 cm³/mol. The number of ether oxygens (including phenoxy) is 1. The van der Waals surface area contributed by atoms with Crippen LogP contribution in [0.3, 0.4) is 0 Å². The third-order valence-corrected chi connectivity index (χ3v) is 2.28. The SMILES string of the molecule is CC(C)NCCCc1ncc(COC(C)C)o1. The number of aryl methyl sites for hydroxylation is 1. The lowest BCUT2D eigenvalue weighted by atomic mass is 10.3.